The molecule has 4 heteroatoms. The third-order valence-electron chi connectivity index (χ3n) is 2.54. The molecule has 0 atom stereocenters. The zero-order chi connectivity index (χ0) is 9.73. The summed E-state index contributed by atoms with van der Waals surface area (Å²) >= 11 is 0. The van der Waals surface area contributed by atoms with Gasteiger partial charge in [-0.1, -0.05) is 26.2 Å². The Morgan fingerprint density at radius 3 is 2.38 bits per heavy atom. The van der Waals surface area contributed by atoms with E-state index >= 15 is 0 Å². The first-order chi connectivity index (χ1) is 6.17. The molecule has 78 valence electrons. The maximum atomic E-state index is 11.6. The number of nitrogens with one attached hydrogen (secondary N) is 1. The van der Waals surface area contributed by atoms with E-state index < -0.39 is 10.0 Å². The van der Waals surface area contributed by atoms with E-state index in [2.05, 4.69) is 4.72 Å². The van der Waals surface area contributed by atoms with E-state index in [1.807, 2.05) is 6.92 Å². The molecular formula is C9H19NO2S. The van der Waals surface area contributed by atoms with Crippen LogP contribution in [0.25, 0.3) is 0 Å². The highest BCUT2D eigenvalue weighted by atomic mass is 32.2. The predicted molar refractivity (Wildman–Crippen MR) is 54.1 cm³/mol. The molecule has 1 aliphatic carbocycles. The molecule has 0 saturated heterocycles. The van der Waals surface area contributed by atoms with Gasteiger partial charge in [-0.05, 0) is 19.3 Å². The molecule has 1 N–H and O–H groups in total. The SMILES string of the molecule is CCCNS(=O)(=O)C1CCCCC1. The lowest BCUT2D eigenvalue weighted by Gasteiger charge is -2.21. The summed E-state index contributed by atoms with van der Waals surface area (Å²) < 4.78 is 25.9. The molecule has 1 saturated carbocycles. The van der Waals surface area contributed by atoms with Crippen molar-refractivity contribution in [1.29, 1.82) is 0 Å². The van der Waals surface area contributed by atoms with Gasteiger partial charge in [0, 0.05) is 6.54 Å². The first-order valence-corrected chi connectivity index (χ1v) is 6.70. The van der Waals surface area contributed by atoms with Gasteiger partial charge in [0.25, 0.3) is 0 Å². The Labute approximate surface area is 81.0 Å². The van der Waals surface area contributed by atoms with E-state index in [0.717, 1.165) is 32.1 Å². The fraction of sp³-hybridized carbons (Fsp3) is 1.00. The fourth-order valence-corrected chi connectivity index (χ4v) is 3.42. The lowest BCUT2D eigenvalue weighted by atomic mass is 10.0. The van der Waals surface area contributed by atoms with Crippen LogP contribution in [-0.4, -0.2) is 20.2 Å². The molecule has 0 radical (unpaired) electrons. The summed E-state index contributed by atoms with van der Waals surface area (Å²) in [5.41, 5.74) is 0. The Kier molecular flexibility index (Phi) is 4.19. The molecule has 0 aliphatic heterocycles. The first-order valence-electron chi connectivity index (χ1n) is 5.15. The molecule has 0 heterocycles. The lowest BCUT2D eigenvalue weighted by molar-refractivity contribution is 0.477. The van der Waals surface area contributed by atoms with Gasteiger partial charge in [0.05, 0.1) is 5.25 Å². The van der Waals surface area contributed by atoms with Crippen LogP contribution in [0.5, 0.6) is 0 Å². The van der Waals surface area contributed by atoms with E-state index in [9.17, 15) is 8.42 Å². The molecule has 0 amide bonds. The minimum atomic E-state index is -3.00. The first kappa shape index (κ1) is 11.0. The van der Waals surface area contributed by atoms with Gasteiger partial charge in [0.15, 0.2) is 0 Å². The molecule has 0 bridgehead atoms. The topological polar surface area (TPSA) is 46.2 Å². The lowest BCUT2D eigenvalue weighted by Crippen LogP contribution is -2.35. The third-order valence-corrected chi connectivity index (χ3v) is 4.50. The Hall–Kier alpha value is -0.0900. The fourth-order valence-electron chi connectivity index (χ4n) is 1.74. The van der Waals surface area contributed by atoms with Crippen molar-refractivity contribution in [1.82, 2.24) is 4.72 Å². The molecule has 3 nitrogen and oxygen atoms in total. The molecule has 1 fully saturated rings. The standard InChI is InChI=1S/C9H19NO2S/c1-2-8-10-13(11,12)9-6-4-3-5-7-9/h9-10H,2-8H2,1H3. The van der Waals surface area contributed by atoms with Gasteiger partial charge in [-0.15, -0.1) is 0 Å². The van der Waals surface area contributed by atoms with Gasteiger partial charge in [-0.2, -0.15) is 0 Å². The van der Waals surface area contributed by atoms with Crippen molar-refractivity contribution in [3.05, 3.63) is 0 Å². The smallest absolute Gasteiger partial charge is 0.214 e. The quantitative estimate of drug-likeness (QED) is 0.758. The number of rotatable bonds is 4. The van der Waals surface area contributed by atoms with E-state index in [-0.39, 0.29) is 5.25 Å². The Bertz CT molecular complexity index is 230. The van der Waals surface area contributed by atoms with Crippen LogP contribution in [0.2, 0.25) is 0 Å². The minimum Gasteiger partial charge on any atom is -0.215 e. The van der Waals surface area contributed by atoms with E-state index in [4.69, 9.17) is 0 Å². The largest absolute Gasteiger partial charge is 0.215 e. The van der Waals surface area contributed by atoms with Crippen molar-refractivity contribution in [2.24, 2.45) is 0 Å². The summed E-state index contributed by atoms with van der Waals surface area (Å²) in [4.78, 5) is 0. The number of hydrogen-bond acceptors (Lipinski definition) is 2. The van der Waals surface area contributed by atoms with Crippen molar-refractivity contribution in [2.75, 3.05) is 6.54 Å². The summed E-state index contributed by atoms with van der Waals surface area (Å²) in [7, 11) is -3.00. The molecular weight excluding hydrogens is 186 g/mol. The Morgan fingerprint density at radius 1 is 1.23 bits per heavy atom. The molecule has 0 spiro atoms. The van der Waals surface area contributed by atoms with Crippen LogP contribution in [0.3, 0.4) is 0 Å². The highest BCUT2D eigenvalue weighted by Crippen LogP contribution is 2.22. The van der Waals surface area contributed by atoms with E-state index in [1.54, 1.807) is 0 Å². The highest BCUT2D eigenvalue weighted by molar-refractivity contribution is 7.90. The van der Waals surface area contributed by atoms with Gasteiger partial charge < -0.3 is 0 Å². The van der Waals surface area contributed by atoms with Gasteiger partial charge in [0.1, 0.15) is 0 Å². The summed E-state index contributed by atoms with van der Waals surface area (Å²) in [5.74, 6) is 0. The van der Waals surface area contributed by atoms with Crippen molar-refractivity contribution >= 4 is 10.0 Å². The summed E-state index contributed by atoms with van der Waals surface area (Å²) in [6, 6.07) is 0. The maximum absolute atomic E-state index is 11.6. The van der Waals surface area contributed by atoms with Gasteiger partial charge in [-0.3, -0.25) is 0 Å². The van der Waals surface area contributed by atoms with E-state index in [1.165, 1.54) is 6.42 Å². The summed E-state index contributed by atoms with van der Waals surface area (Å²) in [5, 5.41) is -0.118. The molecule has 1 rings (SSSR count). The van der Waals surface area contributed by atoms with Crippen molar-refractivity contribution in [2.45, 2.75) is 50.7 Å². The highest BCUT2D eigenvalue weighted by Gasteiger charge is 2.26. The number of sulfonamides is 1. The maximum Gasteiger partial charge on any atom is 0.214 e. The van der Waals surface area contributed by atoms with Gasteiger partial charge in [0.2, 0.25) is 10.0 Å². The van der Waals surface area contributed by atoms with Crippen molar-refractivity contribution < 1.29 is 8.42 Å². The average Bonchev–Trinajstić information content (AvgIpc) is 2.16. The second kappa shape index (κ2) is 4.96. The average molecular weight is 205 g/mol. The second-order valence-electron chi connectivity index (χ2n) is 3.70. The van der Waals surface area contributed by atoms with Crippen LogP contribution in [0, 0.1) is 0 Å². The Morgan fingerprint density at radius 2 is 1.85 bits per heavy atom. The van der Waals surface area contributed by atoms with Gasteiger partial charge in [-0.25, -0.2) is 13.1 Å². The molecule has 1 aliphatic rings. The molecule has 0 aromatic heterocycles. The predicted octanol–water partition coefficient (Wildman–Crippen LogP) is 1.65. The zero-order valence-corrected chi connectivity index (χ0v) is 9.07. The van der Waals surface area contributed by atoms with Crippen LogP contribution < -0.4 is 4.72 Å². The Balaban J connectivity index is 2.47. The molecule has 0 aromatic carbocycles. The van der Waals surface area contributed by atoms with E-state index in [0.29, 0.717) is 6.54 Å². The summed E-state index contributed by atoms with van der Waals surface area (Å²) in [6.07, 6.45) is 5.89. The molecule has 13 heavy (non-hydrogen) atoms. The van der Waals surface area contributed by atoms with Crippen molar-refractivity contribution in [3.8, 4) is 0 Å². The number of hydrogen-bond donors (Lipinski definition) is 1. The van der Waals surface area contributed by atoms with Crippen LogP contribution in [0.1, 0.15) is 45.4 Å². The second-order valence-corrected chi connectivity index (χ2v) is 5.74. The van der Waals surface area contributed by atoms with Crippen LogP contribution in [0.15, 0.2) is 0 Å². The monoisotopic (exact) mass is 205 g/mol. The van der Waals surface area contributed by atoms with Gasteiger partial charge >= 0.3 is 0 Å². The molecule has 0 unspecified atom stereocenters. The third kappa shape index (κ3) is 3.27. The van der Waals surface area contributed by atoms with Crippen LogP contribution >= 0.6 is 0 Å². The van der Waals surface area contributed by atoms with Crippen LogP contribution in [-0.2, 0) is 10.0 Å². The normalized spacial score (nSPS) is 20.4. The summed E-state index contributed by atoms with van der Waals surface area (Å²) in [6.45, 7) is 2.56. The van der Waals surface area contributed by atoms with Crippen LogP contribution in [0.4, 0.5) is 0 Å². The van der Waals surface area contributed by atoms with Crippen molar-refractivity contribution in [3.63, 3.8) is 0 Å². The zero-order valence-electron chi connectivity index (χ0n) is 8.25. The molecule has 0 aromatic rings. The minimum absolute atomic E-state index is 0.118.